The third-order valence-corrected chi connectivity index (χ3v) is 5.13. The lowest BCUT2D eigenvalue weighted by Crippen LogP contribution is -2.50. The number of thioether (sulfide) groups is 1. The summed E-state index contributed by atoms with van der Waals surface area (Å²) >= 11 is 1.84. The summed E-state index contributed by atoms with van der Waals surface area (Å²) in [5, 5.41) is 6.10. The van der Waals surface area contributed by atoms with Crippen molar-refractivity contribution in [3.8, 4) is 0 Å². The van der Waals surface area contributed by atoms with Crippen LogP contribution in [0.4, 0.5) is 0 Å². The van der Waals surface area contributed by atoms with Crippen molar-refractivity contribution in [2.75, 3.05) is 32.7 Å². The van der Waals surface area contributed by atoms with E-state index in [0.29, 0.717) is 10.9 Å². The summed E-state index contributed by atoms with van der Waals surface area (Å²) in [6.45, 7) is 10.4. The zero-order valence-corrected chi connectivity index (χ0v) is 14.2. The third kappa shape index (κ3) is 3.14. The first kappa shape index (κ1) is 15.4. The van der Waals surface area contributed by atoms with Gasteiger partial charge in [0.25, 0.3) is 5.91 Å². The number of aliphatic imine (C=N–C) groups is 1. The van der Waals surface area contributed by atoms with Crippen LogP contribution in [0.5, 0.6) is 0 Å². The first-order valence-corrected chi connectivity index (χ1v) is 8.73. The molecule has 0 spiro atoms. The molecule has 1 aromatic rings. The van der Waals surface area contributed by atoms with E-state index in [-0.39, 0.29) is 11.9 Å². The fourth-order valence-electron chi connectivity index (χ4n) is 2.64. The van der Waals surface area contributed by atoms with Crippen LogP contribution in [0, 0.1) is 0 Å². The van der Waals surface area contributed by atoms with Crippen molar-refractivity contribution in [3.05, 3.63) is 18.0 Å². The number of nitrogens with zero attached hydrogens (tertiary/aromatic N) is 5. The van der Waals surface area contributed by atoms with Crippen LogP contribution in [0.1, 0.15) is 37.3 Å². The molecule has 1 atom stereocenters. The van der Waals surface area contributed by atoms with Crippen LogP contribution in [0.2, 0.25) is 0 Å². The van der Waals surface area contributed by atoms with Gasteiger partial charge in [-0.25, -0.2) is 0 Å². The highest BCUT2D eigenvalue weighted by atomic mass is 32.2. The molecule has 0 bridgehead atoms. The zero-order valence-electron chi connectivity index (χ0n) is 13.4. The SMILES string of the molecule is CC(C)n1ccc(C(=O)N2CCN(C3=NC[C@@H](C)S3)CC2)n1. The topological polar surface area (TPSA) is 53.7 Å². The van der Waals surface area contributed by atoms with Crippen LogP contribution in [-0.2, 0) is 0 Å². The molecule has 0 N–H and O–H groups in total. The quantitative estimate of drug-likeness (QED) is 0.832. The molecule has 3 heterocycles. The number of hydrogen-bond acceptors (Lipinski definition) is 5. The lowest BCUT2D eigenvalue weighted by Gasteiger charge is -2.35. The van der Waals surface area contributed by atoms with E-state index in [0.717, 1.165) is 37.9 Å². The van der Waals surface area contributed by atoms with Gasteiger partial charge in [-0.15, -0.1) is 0 Å². The zero-order chi connectivity index (χ0) is 15.7. The standard InChI is InChI=1S/C15H23N5OS/c1-11(2)20-5-4-13(17-20)14(21)18-6-8-19(9-7-18)15-16-10-12(3)22-15/h4-5,11-12H,6-10H2,1-3H3/t12-/m1/s1. The average Bonchev–Trinajstić information content (AvgIpc) is 3.16. The summed E-state index contributed by atoms with van der Waals surface area (Å²) in [4.78, 5) is 21.3. The molecule has 120 valence electrons. The van der Waals surface area contributed by atoms with Gasteiger partial charge >= 0.3 is 0 Å². The number of carbonyl (C=O) groups is 1. The molecule has 2 aliphatic rings. The van der Waals surface area contributed by atoms with Crippen molar-refractivity contribution in [2.24, 2.45) is 4.99 Å². The summed E-state index contributed by atoms with van der Waals surface area (Å²) < 4.78 is 1.83. The molecular formula is C15H23N5OS. The summed E-state index contributed by atoms with van der Waals surface area (Å²) in [7, 11) is 0. The number of amidine groups is 1. The van der Waals surface area contributed by atoms with Crippen LogP contribution < -0.4 is 0 Å². The fourth-order valence-corrected chi connectivity index (χ4v) is 3.63. The molecule has 0 radical (unpaired) electrons. The summed E-state index contributed by atoms with van der Waals surface area (Å²) in [5.41, 5.74) is 0.545. The normalized spacial score (nSPS) is 22.4. The minimum absolute atomic E-state index is 0.0356. The van der Waals surface area contributed by atoms with Crippen molar-refractivity contribution >= 4 is 22.8 Å². The lowest BCUT2D eigenvalue weighted by atomic mass is 10.3. The smallest absolute Gasteiger partial charge is 0.274 e. The highest BCUT2D eigenvalue weighted by Gasteiger charge is 2.27. The molecule has 0 aliphatic carbocycles. The Labute approximate surface area is 135 Å². The Kier molecular flexibility index (Phi) is 4.42. The minimum atomic E-state index is 0.0356. The van der Waals surface area contributed by atoms with Gasteiger partial charge in [-0.05, 0) is 19.9 Å². The second-order valence-electron chi connectivity index (χ2n) is 6.11. The summed E-state index contributed by atoms with van der Waals surface area (Å²) in [6.07, 6.45) is 1.87. The predicted molar refractivity (Wildman–Crippen MR) is 89.4 cm³/mol. The Hall–Kier alpha value is -1.50. The first-order chi connectivity index (χ1) is 10.5. The van der Waals surface area contributed by atoms with E-state index in [9.17, 15) is 4.79 Å². The van der Waals surface area contributed by atoms with Crippen LogP contribution in [0.3, 0.4) is 0 Å². The van der Waals surface area contributed by atoms with E-state index < -0.39 is 0 Å². The largest absolute Gasteiger partial charge is 0.348 e. The number of rotatable bonds is 2. The summed E-state index contributed by atoms with van der Waals surface area (Å²) in [5.74, 6) is 0.0356. The van der Waals surface area contributed by atoms with E-state index in [2.05, 4.69) is 35.8 Å². The van der Waals surface area contributed by atoms with Crippen LogP contribution in [0.25, 0.3) is 0 Å². The highest BCUT2D eigenvalue weighted by molar-refractivity contribution is 8.14. The molecule has 1 amide bonds. The Morgan fingerprint density at radius 1 is 1.32 bits per heavy atom. The second-order valence-corrected chi connectivity index (χ2v) is 7.51. The Morgan fingerprint density at radius 3 is 2.59 bits per heavy atom. The van der Waals surface area contributed by atoms with Crippen LogP contribution in [0.15, 0.2) is 17.3 Å². The maximum Gasteiger partial charge on any atom is 0.274 e. The molecule has 22 heavy (non-hydrogen) atoms. The van der Waals surface area contributed by atoms with Gasteiger partial charge in [-0.3, -0.25) is 14.5 Å². The Balaban J connectivity index is 1.57. The van der Waals surface area contributed by atoms with Crippen molar-refractivity contribution in [1.82, 2.24) is 19.6 Å². The number of amides is 1. The molecular weight excluding hydrogens is 298 g/mol. The predicted octanol–water partition coefficient (Wildman–Crippen LogP) is 1.71. The molecule has 1 saturated heterocycles. The maximum absolute atomic E-state index is 12.5. The summed E-state index contributed by atoms with van der Waals surface area (Å²) in [6, 6.07) is 2.09. The molecule has 3 rings (SSSR count). The van der Waals surface area contributed by atoms with Crippen molar-refractivity contribution in [1.29, 1.82) is 0 Å². The van der Waals surface area contributed by atoms with Crippen molar-refractivity contribution in [3.63, 3.8) is 0 Å². The van der Waals surface area contributed by atoms with Gasteiger partial charge in [0.2, 0.25) is 0 Å². The van der Waals surface area contributed by atoms with Crippen LogP contribution in [-0.4, -0.2) is 68.6 Å². The van der Waals surface area contributed by atoms with Gasteiger partial charge in [-0.1, -0.05) is 18.7 Å². The molecule has 2 aliphatic heterocycles. The van der Waals surface area contributed by atoms with Crippen molar-refractivity contribution in [2.45, 2.75) is 32.1 Å². The molecule has 0 unspecified atom stereocenters. The van der Waals surface area contributed by atoms with E-state index in [1.807, 2.05) is 33.6 Å². The molecule has 0 saturated carbocycles. The number of piperazine rings is 1. The Bertz CT molecular complexity index is 574. The number of hydrogen-bond donors (Lipinski definition) is 0. The first-order valence-electron chi connectivity index (χ1n) is 7.85. The van der Waals surface area contributed by atoms with E-state index >= 15 is 0 Å². The van der Waals surface area contributed by atoms with E-state index in [4.69, 9.17) is 0 Å². The highest BCUT2D eigenvalue weighted by Crippen LogP contribution is 2.23. The van der Waals surface area contributed by atoms with Gasteiger partial charge in [0.1, 0.15) is 5.69 Å². The van der Waals surface area contributed by atoms with Gasteiger partial charge < -0.3 is 9.80 Å². The minimum Gasteiger partial charge on any atom is -0.348 e. The number of aromatic nitrogens is 2. The van der Waals surface area contributed by atoms with E-state index in [1.165, 1.54) is 0 Å². The van der Waals surface area contributed by atoms with Gasteiger partial charge in [0.15, 0.2) is 5.17 Å². The number of carbonyl (C=O) groups excluding carboxylic acids is 1. The van der Waals surface area contributed by atoms with Crippen LogP contribution >= 0.6 is 11.8 Å². The third-order valence-electron chi connectivity index (χ3n) is 3.98. The lowest BCUT2D eigenvalue weighted by molar-refractivity contribution is 0.0686. The van der Waals surface area contributed by atoms with Gasteiger partial charge in [0.05, 0.1) is 6.54 Å². The second kappa shape index (κ2) is 6.32. The molecule has 7 heteroatoms. The maximum atomic E-state index is 12.5. The molecule has 6 nitrogen and oxygen atoms in total. The van der Waals surface area contributed by atoms with Gasteiger partial charge in [-0.2, -0.15) is 5.10 Å². The molecule has 1 aromatic heterocycles. The monoisotopic (exact) mass is 321 g/mol. The van der Waals surface area contributed by atoms with Gasteiger partial charge in [0, 0.05) is 43.7 Å². The van der Waals surface area contributed by atoms with Crippen molar-refractivity contribution < 1.29 is 4.79 Å². The van der Waals surface area contributed by atoms with E-state index in [1.54, 1.807) is 0 Å². The fraction of sp³-hybridized carbons (Fsp3) is 0.667. The molecule has 1 fully saturated rings. The average molecular weight is 321 g/mol. The Morgan fingerprint density at radius 2 is 2.05 bits per heavy atom. The molecule has 0 aromatic carbocycles.